The van der Waals surface area contributed by atoms with E-state index in [2.05, 4.69) is 147 Å². The number of nitrogens with one attached hydrogen (secondary N) is 2. The fourth-order valence-corrected chi connectivity index (χ4v) is 6.28. The minimum absolute atomic E-state index is 0.243. The van der Waals surface area contributed by atoms with Gasteiger partial charge in [0.15, 0.2) is 0 Å². The van der Waals surface area contributed by atoms with Gasteiger partial charge < -0.3 is 9.97 Å². The predicted molar refractivity (Wildman–Crippen MR) is 178 cm³/mol. The lowest BCUT2D eigenvalue weighted by Crippen LogP contribution is -1.97. The van der Waals surface area contributed by atoms with Crippen LogP contribution >= 0.6 is 0 Å². The van der Waals surface area contributed by atoms with Gasteiger partial charge in [-0.2, -0.15) is 0 Å². The molecule has 8 bridgehead atoms. The lowest BCUT2D eigenvalue weighted by molar-refractivity contribution is 0.849. The van der Waals surface area contributed by atoms with Crippen molar-refractivity contribution < 1.29 is 0 Å². The van der Waals surface area contributed by atoms with E-state index in [-0.39, 0.29) is 11.8 Å². The number of aromatic amines is 2. The van der Waals surface area contributed by atoms with Crippen LogP contribution in [0.25, 0.3) is 68.6 Å². The van der Waals surface area contributed by atoms with Crippen molar-refractivity contribution in [3.05, 3.63) is 119 Å². The molecule has 2 N–H and O–H groups in total. The smallest absolute Gasteiger partial charge is 0.0737 e. The molecule has 2 aromatic carbocycles. The van der Waals surface area contributed by atoms with Crippen LogP contribution in [-0.4, -0.2) is 19.9 Å². The number of fused-ring (bicyclic) bond motifs is 8. The van der Waals surface area contributed by atoms with Crippen molar-refractivity contribution in [1.29, 1.82) is 0 Å². The third-order valence-corrected chi connectivity index (χ3v) is 8.11. The normalized spacial score (nSPS) is 12.5. The molecule has 5 heterocycles. The van der Waals surface area contributed by atoms with Gasteiger partial charge in [-0.3, -0.25) is 0 Å². The van der Waals surface area contributed by atoms with Crippen LogP contribution < -0.4 is 0 Å². The Bertz CT molecular complexity index is 1880. The molecule has 4 nitrogen and oxygen atoms in total. The van der Waals surface area contributed by atoms with Crippen LogP contribution in [0.4, 0.5) is 0 Å². The van der Waals surface area contributed by atoms with Gasteiger partial charge in [0.25, 0.3) is 0 Å². The number of hydrogen-bond donors (Lipinski definition) is 2. The molecule has 5 aromatic rings. The van der Waals surface area contributed by atoms with Gasteiger partial charge in [0, 0.05) is 44.3 Å². The van der Waals surface area contributed by atoms with Crippen molar-refractivity contribution in [2.24, 2.45) is 0 Å². The summed E-state index contributed by atoms with van der Waals surface area (Å²) in [5, 5.41) is 0. The molecule has 7 rings (SSSR count). The molecule has 0 amide bonds. The van der Waals surface area contributed by atoms with E-state index in [0.29, 0.717) is 0 Å². The van der Waals surface area contributed by atoms with Gasteiger partial charge in [-0.05, 0) is 71.5 Å². The van der Waals surface area contributed by atoms with Gasteiger partial charge >= 0.3 is 0 Å². The van der Waals surface area contributed by atoms with E-state index in [4.69, 9.17) is 9.97 Å². The second kappa shape index (κ2) is 10.5. The van der Waals surface area contributed by atoms with Crippen LogP contribution in [0.3, 0.4) is 0 Å². The maximum Gasteiger partial charge on any atom is 0.0737 e. The molecule has 0 aliphatic carbocycles. The van der Waals surface area contributed by atoms with Crippen LogP contribution in [0.5, 0.6) is 0 Å². The Morgan fingerprint density at radius 1 is 0.429 bits per heavy atom. The topological polar surface area (TPSA) is 57.4 Å². The average Bonchev–Trinajstić information content (AvgIpc) is 3.80. The molecule has 206 valence electrons. The maximum atomic E-state index is 5.26. The molecule has 0 saturated carbocycles. The van der Waals surface area contributed by atoms with Crippen molar-refractivity contribution in [3.8, 4) is 22.3 Å². The lowest BCUT2D eigenvalue weighted by atomic mass is 10.00. The second-order valence-electron chi connectivity index (χ2n) is 11.6. The lowest BCUT2D eigenvalue weighted by Gasteiger charge is -2.09. The first-order chi connectivity index (χ1) is 20.5. The summed E-state index contributed by atoms with van der Waals surface area (Å²) in [6.45, 7) is 8.94. The number of H-pyrrole nitrogens is 2. The molecule has 42 heavy (non-hydrogen) atoms. The summed E-state index contributed by atoms with van der Waals surface area (Å²) in [6.07, 6.45) is 8.59. The molecule has 2 aliphatic heterocycles. The minimum atomic E-state index is 0.243. The molecular formula is C38H34N4. The summed E-state index contributed by atoms with van der Waals surface area (Å²) in [7, 11) is 0. The Morgan fingerprint density at radius 3 is 1.21 bits per heavy atom. The number of aromatic nitrogens is 4. The molecule has 3 aromatic heterocycles. The zero-order chi connectivity index (χ0) is 28.8. The monoisotopic (exact) mass is 546 g/mol. The number of rotatable bonds is 4. The largest absolute Gasteiger partial charge is 0.355 e. The molecule has 0 spiro atoms. The van der Waals surface area contributed by atoms with Crippen LogP contribution in [0, 0.1) is 0 Å². The third kappa shape index (κ3) is 4.50. The molecule has 4 heteroatoms. The number of nitrogens with zero attached hydrogens (tertiary/aromatic N) is 2. The summed E-state index contributed by atoms with van der Waals surface area (Å²) in [4.78, 5) is 18.1. The van der Waals surface area contributed by atoms with E-state index < -0.39 is 0 Å². The van der Waals surface area contributed by atoms with Crippen LogP contribution in [0.15, 0.2) is 84.9 Å². The highest BCUT2D eigenvalue weighted by Gasteiger charge is 2.19. The second-order valence-corrected chi connectivity index (χ2v) is 11.6. The quantitative estimate of drug-likeness (QED) is 0.231. The molecule has 0 radical (unpaired) electrons. The molecule has 0 atom stereocenters. The highest BCUT2D eigenvalue weighted by atomic mass is 14.8. The van der Waals surface area contributed by atoms with Gasteiger partial charge in [0.05, 0.1) is 22.8 Å². The van der Waals surface area contributed by atoms with E-state index >= 15 is 0 Å². The van der Waals surface area contributed by atoms with Crippen molar-refractivity contribution in [2.75, 3.05) is 0 Å². The Balaban J connectivity index is 1.69. The molecule has 0 unspecified atom stereocenters. The molecule has 0 fully saturated rings. The number of benzene rings is 2. The van der Waals surface area contributed by atoms with E-state index in [1.54, 1.807) is 0 Å². The van der Waals surface area contributed by atoms with Gasteiger partial charge in [-0.15, -0.1) is 0 Å². The summed E-state index contributed by atoms with van der Waals surface area (Å²) >= 11 is 0. The van der Waals surface area contributed by atoms with Crippen LogP contribution in [0.1, 0.15) is 73.4 Å². The zero-order valence-electron chi connectivity index (χ0n) is 24.4. The average molecular weight is 547 g/mol. The Kier molecular flexibility index (Phi) is 6.47. The SMILES string of the molecule is CC(C)c1c2nc(c(-c3ccccc3)c3ccc([nH]3)c(C(C)C)c3ccc([nH]3)c(-c3ccccc3)c3nc1C=C3)C=C2. The van der Waals surface area contributed by atoms with Gasteiger partial charge in [0.1, 0.15) is 0 Å². The predicted octanol–water partition coefficient (Wildman–Crippen LogP) is 10.2. The fraction of sp³-hybridized carbons (Fsp3) is 0.158. The van der Waals surface area contributed by atoms with E-state index in [0.717, 1.165) is 72.7 Å². The minimum Gasteiger partial charge on any atom is -0.355 e. The Hall–Kier alpha value is -4.96. The Labute approximate surface area is 246 Å². The van der Waals surface area contributed by atoms with E-state index in [1.807, 2.05) is 0 Å². The van der Waals surface area contributed by atoms with Crippen LogP contribution in [0.2, 0.25) is 0 Å². The first kappa shape index (κ1) is 26.0. The van der Waals surface area contributed by atoms with Gasteiger partial charge in [-0.1, -0.05) is 88.4 Å². The summed E-state index contributed by atoms with van der Waals surface area (Å²) in [5.41, 5.74) is 15.0. The first-order valence-corrected chi connectivity index (χ1v) is 14.7. The summed E-state index contributed by atoms with van der Waals surface area (Å²) in [5.74, 6) is 0.532. The van der Waals surface area contributed by atoms with Crippen molar-refractivity contribution >= 4 is 46.4 Å². The Morgan fingerprint density at radius 2 is 0.810 bits per heavy atom. The van der Waals surface area contributed by atoms with E-state index in [9.17, 15) is 0 Å². The molecule has 0 saturated heterocycles. The van der Waals surface area contributed by atoms with E-state index in [1.165, 1.54) is 5.56 Å². The van der Waals surface area contributed by atoms with Crippen LogP contribution in [-0.2, 0) is 0 Å². The van der Waals surface area contributed by atoms with Gasteiger partial charge in [0.2, 0.25) is 0 Å². The summed E-state index contributed by atoms with van der Waals surface area (Å²) < 4.78 is 0. The van der Waals surface area contributed by atoms with Crippen molar-refractivity contribution in [2.45, 2.75) is 39.5 Å². The van der Waals surface area contributed by atoms with Crippen molar-refractivity contribution in [3.63, 3.8) is 0 Å². The third-order valence-electron chi connectivity index (χ3n) is 8.11. The number of hydrogen-bond acceptors (Lipinski definition) is 2. The van der Waals surface area contributed by atoms with Crippen molar-refractivity contribution in [1.82, 2.24) is 19.9 Å². The first-order valence-electron chi connectivity index (χ1n) is 14.7. The highest BCUT2D eigenvalue weighted by Crippen LogP contribution is 2.36. The molecule has 2 aliphatic rings. The zero-order valence-corrected chi connectivity index (χ0v) is 24.4. The fourth-order valence-electron chi connectivity index (χ4n) is 6.28. The maximum absolute atomic E-state index is 5.26. The standard InChI is InChI=1S/C38H34N4/c1-23(2)35-27-15-19-31(39-27)37(25-11-7-5-8-12-25)33-21-17-29(41-33)36(24(3)4)30-18-22-34(42-30)38(26-13-9-6-10-14-26)32-20-16-28(35)40-32/h5-24,39-40H,1-4H3. The molecular weight excluding hydrogens is 512 g/mol. The highest BCUT2D eigenvalue weighted by molar-refractivity contribution is 5.94. The van der Waals surface area contributed by atoms with Gasteiger partial charge in [-0.25, -0.2) is 9.97 Å². The summed E-state index contributed by atoms with van der Waals surface area (Å²) in [6, 6.07) is 29.9.